The van der Waals surface area contributed by atoms with Gasteiger partial charge in [-0.15, -0.1) is 0 Å². The van der Waals surface area contributed by atoms with E-state index >= 15 is 0 Å². The maximum atomic E-state index is 5.87. The second-order valence-corrected chi connectivity index (χ2v) is 7.16. The lowest BCUT2D eigenvalue weighted by Gasteiger charge is -2.35. The Balaban J connectivity index is 2.19. The van der Waals surface area contributed by atoms with Crippen molar-refractivity contribution in [3.63, 3.8) is 0 Å². The van der Waals surface area contributed by atoms with E-state index in [0.29, 0.717) is 16.4 Å². The monoisotopic (exact) mass is 291 g/mol. The molecule has 0 radical (unpaired) electrons. The molecule has 0 aliphatic heterocycles. The third kappa shape index (κ3) is 3.48. The molecule has 0 aromatic carbocycles. The summed E-state index contributed by atoms with van der Waals surface area (Å²) in [6, 6.07) is 2.57. The highest BCUT2D eigenvalue weighted by atomic mass is 32.1. The van der Waals surface area contributed by atoms with Gasteiger partial charge in [-0.25, -0.2) is 0 Å². The van der Waals surface area contributed by atoms with Crippen molar-refractivity contribution in [2.24, 2.45) is 11.1 Å². The summed E-state index contributed by atoms with van der Waals surface area (Å²) in [4.78, 5) is 4.89. The minimum atomic E-state index is 0.425. The highest BCUT2D eigenvalue weighted by Crippen LogP contribution is 2.36. The fourth-order valence-electron chi connectivity index (χ4n) is 3.02. The predicted octanol–water partition coefficient (Wildman–Crippen LogP) is 3.71. The lowest BCUT2D eigenvalue weighted by molar-refractivity contribution is 0.232. The molecule has 1 aliphatic rings. The standard InChI is InChI=1S/C16H25N3S/c1-10-9-13(14(15(17)20)11(2)18-10)19-12-5-7-16(3,4)8-6-12/h9,12H,5-8H2,1-4H3,(H2,17,20)(H,18,19). The van der Waals surface area contributed by atoms with Crippen LogP contribution >= 0.6 is 12.2 Å². The number of nitrogens with one attached hydrogen (secondary N) is 1. The zero-order valence-electron chi connectivity index (χ0n) is 12.9. The van der Waals surface area contributed by atoms with Gasteiger partial charge in [-0.1, -0.05) is 26.1 Å². The first kappa shape index (κ1) is 15.2. The van der Waals surface area contributed by atoms with E-state index in [1.807, 2.05) is 13.8 Å². The summed E-state index contributed by atoms with van der Waals surface area (Å²) in [5.74, 6) is 0. The van der Waals surface area contributed by atoms with Crippen molar-refractivity contribution < 1.29 is 0 Å². The largest absolute Gasteiger partial charge is 0.389 e. The number of rotatable bonds is 3. The molecule has 1 fully saturated rings. The molecular formula is C16H25N3S. The van der Waals surface area contributed by atoms with Gasteiger partial charge in [-0.3, -0.25) is 4.98 Å². The highest BCUT2D eigenvalue weighted by molar-refractivity contribution is 7.80. The molecule has 1 saturated carbocycles. The van der Waals surface area contributed by atoms with Crippen LogP contribution in [0, 0.1) is 19.3 Å². The summed E-state index contributed by atoms with van der Waals surface area (Å²) < 4.78 is 0. The number of anilines is 1. The first-order valence-corrected chi connectivity index (χ1v) is 7.74. The average Bonchev–Trinajstić information content (AvgIpc) is 2.30. The van der Waals surface area contributed by atoms with E-state index in [9.17, 15) is 0 Å². The molecule has 1 aromatic rings. The minimum Gasteiger partial charge on any atom is -0.389 e. The minimum absolute atomic E-state index is 0.425. The van der Waals surface area contributed by atoms with Gasteiger partial charge in [0, 0.05) is 23.1 Å². The van der Waals surface area contributed by atoms with E-state index in [2.05, 4.69) is 30.2 Å². The number of pyridine rings is 1. The number of hydrogen-bond donors (Lipinski definition) is 2. The molecule has 0 amide bonds. The van der Waals surface area contributed by atoms with Crippen molar-refractivity contribution in [1.29, 1.82) is 0 Å². The molecule has 1 aromatic heterocycles. The predicted molar refractivity (Wildman–Crippen MR) is 89.3 cm³/mol. The smallest absolute Gasteiger partial charge is 0.107 e. The maximum absolute atomic E-state index is 5.87. The van der Waals surface area contributed by atoms with Gasteiger partial charge in [0.2, 0.25) is 0 Å². The van der Waals surface area contributed by atoms with Crippen LogP contribution < -0.4 is 11.1 Å². The summed E-state index contributed by atoms with van der Waals surface area (Å²) in [5.41, 5.74) is 10.2. The quantitative estimate of drug-likeness (QED) is 0.834. The van der Waals surface area contributed by atoms with E-state index in [4.69, 9.17) is 18.0 Å². The molecule has 110 valence electrons. The second-order valence-electron chi connectivity index (χ2n) is 6.72. The summed E-state index contributed by atoms with van der Waals surface area (Å²) in [5, 5.41) is 3.64. The summed E-state index contributed by atoms with van der Waals surface area (Å²) >= 11 is 5.18. The van der Waals surface area contributed by atoms with Gasteiger partial charge in [-0.2, -0.15) is 0 Å². The molecule has 0 atom stereocenters. The Labute approximate surface area is 127 Å². The number of nitrogens with zero attached hydrogens (tertiary/aromatic N) is 1. The molecule has 4 heteroatoms. The zero-order valence-corrected chi connectivity index (χ0v) is 13.7. The van der Waals surface area contributed by atoms with Crippen molar-refractivity contribution in [2.45, 2.75) is 59.4 Å². The molecule has 0 saturated heterocycles. The number of nitrogens with two attached hydrogens (primary N) is 1. The van der Waals surface area contributed by atoms with E-state index in [0.717, 1.165) is 22.6 Å². The first-order valence-electron chi connectivity index (χ1n) is 7.33. The number of aromatic nitrogens is 1. The highest BCUT2D eigenvalue weighted by Gasteiger charge is 2.27. The van der Waals surface area contributed by atoms with Crippen LogP contribution in [0.25, 0.3) is 0 Å². The van der Waals surface area contributed by atoms with Gasteiger partial charge in [0.1, 0.15) is 4.99 Å². The number of thiocarbonyl (C=S) groups is 1. The topological polar surface area (TPSA) is 50.9 Å². The molecule has 3 nitrogen and oxygen atoms in total. The second kappa shape index (κ2) is 5.68. The maximum Gasteiger partial charge on any atom is 0.107 e. The van der Waals surface area contributed by atoms with E-state index in [1.165, 1.54) is 25.7 Å². The van der Waals surface area contributed by atoms with Gasteiger partial charge >= 0.3 is 0 Å². The molecule has 2 rings (SSSR count). The van der Waals surface area contributed by atoms with Crippen LogP contribution in [0.1, 0.15) is 56.5 Å². The molecule has 1 aliphatic carbocycles. The van der Waals surface area contributed by atoms with Crippen LogP contribution in [0.15, 0.2) is 6.07 Å². The normalized spacial score (nSPS) is 18.8. The zero-order chi connectivity index (χ0) is 14.9. The van der Waals surface area contributed by atoms with E-state index in [-0.39, 0.29) is 0 Å². The van der Waals surface area contributed by atoms with Crippen LogP contribution in [-0.2, 0) is 0 Å². The lowest BCUT2D eigenvalue weighted by Crippen LogP contribution is -2.31. The SMILES string of the molecule is Cc1cc(NC2CCC(C)(C)CC2)c(C(N)=S)c(C)n1. The first-order chi connectivity index (χ1) is 9.28. The van der Waals surface area contributed by atoms with Crippen molar-refractivity contribution in [1.82, 2.24) is 4.98 Å². The Morgan fingerprint density at radius 2 is 1.95 bits per heavy atom. The molecule has 0 bridgehead atoms. The third-order valence-corrected chi connectivity index (χ3v) is 4.48. The van der Waals surface area contributed by atoms with Gasteiger partial charge in [0.25, 0.3) is 0 Å². The Morgan fingerprint density at radius 3 is 2.50 bits per heavy atom. The van der Waals surface area contributed by atoms with Crippen molar-refractivity contribution >= 4 is 22.9 Å². The summed E-state index contributed by atoms with van der Waals surface area (Å²) in [7, 11) is 0. The number of aryl methyl sites for hydroxylation is 2. The van der Waals surface area contributed by atoms with Crippen LogP contribution in [0.3, 0.4) is 0 Å². The van der Waals surface area contributed by atoms with Gasteiger partial charge in [0.05, 0.1) is 5.56 Å². The molecule has 0 unspecified atom stereocenters. The van der Waals surface area contributed by atoms with Crippen molar-refractivity contribution in [3.05, 3.63) is 23.0 Å². The molecular weight excluding hydrogens is 266 g/mol. The number of hydrogen-bond acceptors (Lipinski definition) is 3. The molecule has 1 heterocycles. The fourth-order valence-corrected chi connectivity index (χ4v) is 3.27. The molecule has 20 heavy (non-hydrogen) atoms. The van der Waals surface area contributed by atoms with Gasteiger partial charge < -0.3 is 11.1 Å². The Hall–Kier alpha value is -1.16. The van der Waals surface area contributed by atoms with Gasteiger partial charge in [0.15, 0.2) is 0 Å². The molecule has 3 N–H and O–H groups in total. The summed E-state index contributed by atoms with van der Waals surface area (Å²) in [6.45, 7) is 8.68. The lowest BCUT2D eigenvalue weighted by atomic mass is 9.75. The van der Waals surface area contributed by atoms with E-state index in [1.54, 1.807) is 0 Å². The molecule has 0 spiro atoms. The third-order valence-electron chi connectivity index (χ3n) is 4.27. The Bertz CT molecular complexity index is 513. The Morgan fingerprint density at radius 1 is 1.35 bits per heavy atom. The fraction of sp³-hybridized carbons (Fsp3) is 0.625. The Kier molecular flexibility index (Phi) is 4.33. The van der Waals surface area contributed by atoms with Crippen LogP contribution in [0.5, 0.6) is 0 Å². The van der Waals surface area contributed by atoms with Gasteiger partial charge in [-0.05, 0) is 51.0 Å². The van der Waals surface area contributed by atoms with Crippen LogP contribution in [0.2, 0.25) is 0 Å². The van der Waals surface area contributed by atoms with Crippen molar-refractivity contribution in [3.8, 4) is 0 Å². The van der Waals surface area contributed by atoms with Crippen LogP contribution in [0.4, 0.5) is 5.69 Å². The van der Waals surface area contributed by atoms with Crippen molar-refractivity contribution in [2.75, 3.05) is 5.32 Å². The average molecular weight is 291 g/mol. The van der Waals surface area contributed by atoms with E-state index < -0.39 is 0 Å². The summed E-state index contributed by atoms with van der Waals surface area (Å²) in [6.07, 6.45) is 4.92. The van der Waals surface area contributed by atoms with Crippen LogP contribution in [-0.4, -0.2) is 16.0 Å².